The molecule has 2 rings (SSSR count). The SMILES string of the molecule is C#CC[n+]1c(C)ccc2c(OC)cccc21.[Br-]. The average molecular weight is 292 g/mol. The van der Waals surface area contributed by atoms with Crippen LogP contribution >= 0.6 is 0 Å². The van der Waals surface area contributed by atoms with E-state index in [4.69, 9.17) is 11.2 Å². The number of benzene rings is 1. The van der Waals surface area contributed by atoms with Crippen LogP contribution in [-0.2, 0) is 6.54 Å². The van der Waals surface area contributed by atoms with Gasteiger partial charge in [0.15, 0.2) is 5.69 Å². The largest absolute Gasteiger partial charge is 1.00 e. The van der Waals surface area contributed by atoms with Gasteiger partial charge in [-0.25, -0.2) is 0 Å². The van der Waals surface area contributed by atoms with Gasteiger partial charge in [-0.15, -0.1) is 6.42 Å². The molecule has 1 aromatic heterocycles. The molecule has 0 spiro atoms. The predicted octanol–water partition coefficient (Wildman–Crippen LogP) is -0.918. The molecule has 0 bridgehead atoms. The summed E-state index contributed by atoms with van der Waals surface area (Å²) in [6, 6.07) is 10.1. The standard InChI is InChI=1S/C14H14NO.BrH/c1-4-10-15-11(2)8-9-12-13(15)6-5-7-14(12)16-3;/h1,5-9H,10H2,2-3H3;1H/q+1;/p-1. The lowest BCUT2D eigenvalue weighted by Crippen LogP contribution is -3.00. The minimum absolute atomic E-state index is 0. The summed E-state index contributed by atoms with van der Waals surface area (Å²) < 4.78 is 7.44. The quantitative estimate of drug-likeness (QED) is 0.515. The number of halogens is 1. The second kappa shape index (κ2) is 5.70. The van der Waals surface area contributed by atoms with Crippen molar-refractivity contribution in [3.05, 3.63) is 36.0 Å². The lowest BCUT2D eigenvalue weighted by atomic mass is 10.1. The van der Waals surface area contributed by atoms with E-state index in [0.29, 0.717) is 6.54 Å². The first kappa shape index (κ1) is 13.5. The lowest BCUT2D eigenvalue weighted by Gasteiger charge is -2.05. The molecule has 0 fully saturated rings. The number of terminal acetylenes is 1. The van der Waals surface area contributed by atoms with E-state index < -0.39 is 0 Å². The van der Waals surface area contributed by atoms with Crippen LogP contribution in [0.3, 0.4) is 0 Å². The third kappa shape index (κ3) is 2.42. The highest BCUT2D eigenvalue weighted by Gasteiger charge is 2.13. The summed E-state index contributed by atoms with van der Waals surface area (Å²) in [7, 11) is 1.68. The predicted molar refractivity (Wildman–Crippen MR) is 64.3 cm³/mol. The molecule has 0 radical (unpaired) electrons. The molecule has 0 N–H and O–H groups in total. The van der Waals surface area contributed by atoms with E-state index in [9.17, 15) is 0 Å². The smallest absolute Gasteiger partial charge is 0.217 e. The molecule has 3 heteroatoms. The van der Waals surface area contributed by atoms with Crippen LogP contribution < -0.4 is 26.3 Å². The van der Waals surface area contributed by atoms with E-state index >= 15 is 0 Å². The molecule has 2 nitrogen and oxygen atoms in total. The maximum Gasteiger partial charge on any atom is 0.217 e. The zero-order chi connectivity index (χ0) is 11.5. The first-order valence-corrected chi connectivity index (χ1v) is 5.17. The van der Waals surface area contributed by atoms with Crippen LogP contribution in [0.2, 0.25) is 0 Å². The highest BCUT2D eigenvalue weighted by atomic mass is 79.9. The van der Waals surface area contributed by atoms with Gasteiger partial charge in [0.25, 0.3) is 0 Å². The number of methoxy groups -OCH3 is 1. The highest BCUT2D eigenvalue weighted by molar-refractivity contribution is 5.82. The summed E-state index contributed by atoms with van der Waals surface area (Å²) in [5.41, 5.74) is 2.26. The number of aryl methyl sites for hydroxylation is 1. The van der Waals surface area contributed by atoms with Gasteiger partial charge < -0.3 is 21.7 Å². The van der Waals surface area contributed by atoms with Gasteiger partial charge in [0.2, 0.25) is 12.1 Å². The summed E-state index contributed by atoms with van der Waals surface area (Å²) in [5.74, 6) is 3.55. The Labute approximate surface area is 112 Å². The fraction of sp³-hybridized carbons (Fsp3) is 0.214. The van der Waals surface area contributed by atoms with Gasteiger partial charge in [0, 0.05) is 19.1 Å². The molecule has 17 heavy (non-hydrogen) atoms. The minimum atomic E-state index is 0. The molecule has 0 amide bonds. The summed E-state index contributed by atoms with van der Waals surface area (Å²) in [4.78, 5) is 0. The van der Waals surface area contributed by atoms with E-state index in [1.165, 1.54) is 0 Å². The van der Waals surface area contributed by atoms with E-state index in [0.717, 1.165) is 22.3 Å². The number of pyridine rings is 1. The Kier molecular flexibility index (Phi) is 4.53. The molecule has 1 heterocycles. The van der Waals surface area contributed by atoms with E-state index in [2.05, 4.69) is 35.6 Å². The van der Waals surface area contributed by atoms with Crippen molar-refractivity contribution in [3.8, 4) is 18.1 Å². The second-order valence-electron chi connectivity index (χ2n) is 3.66. The van der Waals surface area contributed by atoms with Gasteiger partial charge >= 0.3 is 0 Å². The molecule has 0 aliphatic carbocycles. The summed E-state index contributed by atoms with van der Waals surface area (Å²) >= 11 is 0. The Morgan fingerprint density at radius 3 is 2.71 bits per heavy atom. The lowest BCUT2D eigenvalue weighted by molar-refractivity contribution is -0.664. The van der Waals surface area contributed by atoms with Gasteiger partial charge in [-0.2, -0.15) is 4.57 Å². The fourth-order valence-electron chi connectivity index (χ4n) is 1.90. The average Bonchev–Trinajstić information content (AvgIpc) is 2.32. The van der Waals surface area contributed by atoms with Crippen molar-refractivity contribution >= 4 is 10.9 Å². The van der Waals surface area contributed by atoms with Crippen molar-refractivity contribution in [1.29, 1.82) is 0 Å². The van der Waals surface area contributed by atoms with Crippen LogP contribution in [0.5, 0.6) is 5.75 Å². The van der Waals surface area contributed by atoms with Crippen LogP contribution in [0.15, 0.2) is 30.3 Å². The number of fused-ring (bicyclic) bond motifs is 1. The number of rotatable bonds is 2. The summed E-state index contributed by atoms with van der Waals surface area (Å²) in [5, 5.41) is 1.09. The Bertz CT molecular complexity index is 572. The maximum atomic E-state index is 5.39. The number of nitrogens with zero attached hydrogens (tertiary/aromatic N) is 1. The molecule has 0 aliphatic heterocycles. The van der Waals surface area contributed by atoms with Gasteiger partial charge in [-0.05, 0) is 18.1 Å². The molecular weight excluding hydrogens is 278 g/mol. The maximum absolute atomic E-state index is 5.39. The Morgan fingerprint density at radius 2 is 2.06 bits per heavy atom. The minimum Gasteiger partial charge on any atom is -1.00 e. The van der Waals surface area contributed by atoms with Crippen LogP contribution in [0.4, 0.5) is 0 Å². The number of hydrogen-bond donors (Lipinski definition) is 0. The molecule has 0 saturated heterocycles. The normalized spacial score (nSPS) is 9.47. The van der Waals surface area contributed by atoms with Gasteiger partial charge in [-0.1, -0.05) is 6.07 Å². The third-order valence-corrected chi connectivity index (χ3v) is 2.72. The first-order chi connectivity index (χ1) is 7.77. The van der Waals surface area contributed by atoms with Crippen molar-refractivity contribution < 1.29 is 26.3 Å². The molecule has 0 aliphatic rings. The molecule has 0 saturated carbocycles. The Balaban J connectivity index is 0.00000144. The zero-order valence-electron chi connectivity index (χ0n) is 9.90. The van der Waals surface area contributed by atoms with Gasteiger partial charge in [0.1, 0.15) is 5.75 Å². The van der Waals surface area contributed by atoms with Crippen LogP contribution in [0.1, 0.15) is 5.69 Å². The summed E-state index contributed by atoms with van der Waals surface area (Å²) in [6.07, 6.45) is 5.39. The van der Waals surface area contributed by atoms with Crippen molar-refractivity contribution in [1.82, 2.24) is 0 Å². The highest BCUT2D eigenvalue weighted by Crippen LogP contribution is 2.22. The van der Waals surface area contributed by atoms with Crippen LogP contribution in [0.25, 0.3) is 10.9 Å². The first-order valence-electron chi connectivity index (χ1n) is 5.17. The van der Waals surface area contributed by atoms with Crippen molar-refractivity contribution in [3.63, 3.8) is 0 Å². The van der Waals surface area contributed by atoms with Gasteiger partial charge in [-0.3, -0.25) is 0 Å². The molecule has 0 atom stereocenters. The molecule has 1 aromatic carbocycles. The number of ether oxygens (including phenoxy) is 1. The molecule has 0 unspecified atom stereocenters. The Hall–Kier alpha value is -1.53. The zero-order valence-corrected chi connectivity index (χ0v) is 11.5. The fourth-order valence-corrected chi connectivity index (χ4v) is 1.90. The van der Waals surface area contributed by atoms with Crippen molar-refractivity contribution in [2.24, 2.45) is 0 Å². The van der Waals surface area contributed by atoms with E-state index in [1.54, 1.807) is 7.11 Å². The second-order valence-corrected chi connectivity index (χ2v) is 3.66. The van der Waals surface area contributed by atoms with Gasteiger partial charge in [0.05, 0.1) is 12.5 Å². The molecule has 88 valence electrons. The third-order valence-electron chi connectivity index (χ3n) is 2.72. The topological polar surface area (TPSA) is 13.1 Å². The molecule has 2 aromatic rings. The van der Waals surface area contributed by atoms with E-state index in [1.807, 2.05) is 12.1 Å². The van der Waals surface area contributed by atoms with E-state index in [-0.39, 0.29) is 17.0 Å². The number of aromatic nitrogens is 1. The van der Waals surface area contributed by atoms with Crippen LogP contribution in [-0.4, -0.2) is 7.11 Å². The Morgan fingerprint density at radius 1 is 1.29 bits per heavy atom. The summed E-state index contributed by atoms with van der Waals surface area (Å²) in [6.45, 7) is 2.63. The molecular formula is C14H14BrNO. The van der Waals surface area contributed by atoms with Crippen molar-refractivity contribution in [2.75, 3.05) is 7.11 Å². The number of hydrogen-bond acceptors (Lipinski definition) is 1. The monoisotopic (exact) mass is 291 g/mol. The van der Waals surface area contributed by atoms with Crippen LogP contribution in [0, 0.1) is 19.3 Å². The van der Waals surface area contributed by atoms with Crippen molar-refractivity contribution in [2.45, 2.75) is 13.5 Å².